The van der Waals surface area contributed by atoms with Crippen molar-refractivity contribution in [2.75, 3.05) is 31.5 Å². The molecule has 0 radical (unpaired) electrons. The second kappa shape index (κ2) is 9.57. The van der Waals surface area contributed by atoms with Crippen molar-refractivity contribution in [2.24, 2.45) is 0 Å². The Kier molecular flexibility index (Phi) is 6.62. The normalized spacial score (nSPS) is 14.4. The van der Waals surface area contributed by atoms with Gasteiger partial charge in [-0.1, -0.05) is 6.07 Å². The Morgan fingerprint density at radius 3 is 2.61 bits per heavy atom. The van der Waals surface area contributed by atoms with E-state index in [4.69, 9.17) is 11.6 Å². The number of imidazole rings is 1. The first-order valence-electron chi connectivity index (χ1n) is 9.86. The van der Waals surface area contributed by atoms with Crippen molar-refractivity contribution < 1.29 is 0 Å². The zero-order valence-electron chi connectivity index (χ0n) is 16.7. The number of nitrogens with zero attached hydrogens (tertiary/aromatic N) is 5. The van der Waals surface area contributed by atoms with Gasteiger partial charge in [-0.05, 0) is 47.0 Å². The SMILES string of the molecule is Cl.Clc1ncc(-c2ccc3nc(Nc4cc(CN5CCNCC5)ccn4)[nH]c3c2)cn1. The number of rotatable bonds is 5. The molecule has 1 aliphatic heterocycles. The van der Waals surface area contributed by atoms with E-state index in [1.165, 1.54) is 5.56 Å². The number of piperazine rings is 1. The first-order valence-corrected chi connectivity index (χ1v) is 10.2. The topological polar surface area (TPSA) is 94.6 Å². The lowest BCUT2D eigenvalue weighted by Crippen LogP contribution is -2.42. The molecular formula is C21H22Cl2N8. The van der Waals surface area contributed by atoms with Gasteiger partial charge < -0.3 is 15.6 Å². The molecule has 0 saturated carbocycles. The molecule has 4 aromatic rings. The van der Waals surface area contributed by atoms with Crippen molar-refractivity contribution in [1.29, 1.82) is 0 Å². The molecule has 1 aliphatic rings. The highest BCUT2D eigenvalue weighted by atomic mass is 35.5. The molecule has 0 spiro atoms. The summed E-state index contributed by atoms with van der Waals surface area (Å²) in [5.74, 6) is 1.43. The molecule has 4 heterocycles. The van der Waals surface area contributed by atoms with Gasteiger partial charge in [0.2, 0.25) is 11.2 Å². The first-order chi connectivity index (χ1) is 14.7. The molecule has 3 aromatic heterocycles. The summed E-state index contributed by atoms with van der Waals surface area (Å²) in [6.07, 6.45) is 5.25. The monoisotopic (exact) mass is 456 g/mol. The Hall–Kier alpha value is -2.78. The molecule has 0 aliphatic carbocycles. The highest BCUT2D eigenvalue weighted by Crippen LogP contribution is 2.24. The highest BCUT2D eigenvalue weighted by molar-refractivity contribution is 6.28. The summed E-state index contributed by atoms with van der Waals surface area (Å²) in [6.45, 7) is 5.13. The van der Waals surface area contributed by atoms with Crippen LogP contribution in [0.3, 0.4) is 0 Å². The maximum atomic E-state index is 5.78. The van der Waals surface area contributed by atoms with Crippen LogP contribution >= 0.6 is 24.0 Å². The number of fused-ring (bicyclic) bond motifs is 1. The van der Waals surface area contributed by atoms with Gasteiger partial charge in [0.05, 0.1) is 11.0 Å². The van der Waals surface area contributed by atoms with Crippen LogP contribution in [0, 0.1) is 0 Å². The number of hydrogen-bond acceptors (Lipinski definition) is 7. The average Bonchev–Trinajstić information content (AvgIpc) is 3.16. The van der Waals surface area contributed by atoms with Crippen LogP contribution in [-0.4, -0.2) is 56.0 Å². The lowest BCUT2D eigenvalue weighted by molar-refractivity contribution is 0.233. The third-order valence-corrected chi connectivity index (χ3v) is 5.32. The zero-order chi connectivity index (χ0) is 20.3. The van der Waals surface area contributed by atoms with Gasteiger partial charge in [-0.15, -0.1) is 12.4 Å². The molecule has 3 N–H and O–H groups in total. The van der Waals surface area contributed by atoms with Crippen LogP contribution < -0.4 is 10.6 Å². The fraction of sp³-hybridized carbons (Fsp3) is 0.238. The van der Waals surface area contributed by atoms with Gasteiger partial charge in [-0.25, -0.2) is 19.9 Å². The van der Waals surface area contributed by atoms with Crippen LogP contribution in [0.4, 0.5) is 11.8 Å². The van der Waals surface area contributed by atoms with E-state index in [0.717, 1.165) is 60.7 Å². The van der Waals surface area contributed by atoms with Crippen molar-refractivity contribution in [3.63, 3.8) is 0 Å². The van der Waals surface area contributed by atoms with Gasteiger partial charge in [0.15, 0.2) is 0 Å². The molecule has 31 heavy (non-hydrogen) atoms. The van der Waals surface area contributed by atoms with Crippen molar-refractivity contribution in [3.05, 3.63) is 59.8 Å². The smallest absolute Gasteiger partial charge is 0.222 e. The van der Waals surface area contributed by atoms with E-state index in [-0.39, 0.29) is 17.7 Å². The fourth-order valence-electron chi connectivity index (χ4n) is 3.60. The Balaban J connectivity index is 0.00000231. The molecule has 0 unspecified atom stereocenters. The third-order valence-electron chi connectivity index (χ3n) is 5.12. The number of aromatic amines is 1. The average molecular weight is 457 g/mol. The molecule has 1 fully saturated rings. The second-order valence-electron chi connectivity index (χ2n) is 7.26. The van der Waals surface area contributed by atoms with Crippen molar-refractivity contribution in [3.8, 4) is 11.1 Å². The molecule has 0 amide bonds. The summed E-state index contributed by atoms with van der Waals surface area (Å²) in [7, 11) is 0. The summed E-state index contributed by atoms with van der Waals surface area (Å²) < 4.78 is 0. The molecule has 1 saturated heterocycles. The second-order valence-corrected chi connectivity index (χ2v) is 7.60. The standard InChI is InChI=1S/C21H21ClN8.ClH/c22-20-25-11-16(12-26-20)15-1-2-17-18(10-15)28-21(27-17)29-19-9-14(3-4-24-19)13-30-7-5-23-6-8-30;/h1-4,9-12,23H,5-8,13H2,(H2,24,27,28,29);1H. The minimum atomic E-state index is 0. The molecular weight excluding hydrogens is 435 g/mol. The van der Waals surface area contributed by atoms with Crippen LogP contribution in [0.5, 0.6) is 0 Å². The van der Waals surface area contributed by atoms with Gasteiger partial charge >= 0.3 is 0 Å². The van der Waals surface area contributed by atoms with Crippen LogP contribution in [0.2, 0.25) is 5.28 Å². The number of H-pyrrole nitrogens is 1. The third kappa shape index (κ3) is 5.11. The summed E-state index contributed by atoms with van der Waals surface area (Å²) in [5, 5.41) is 6.91. The van der Waals surface area contributed by atoms with E-state index < -0.39 is 0 Å². The van der Waals surface area contributed by atoms with Gasteiger partial charge in [-0.3, -0.25) is 4.90 Å². The Morgan fingerprint density at radius 1 is 1.00 bits per heavy atom. The number of hydrogen-bond donors (Lipinski definition) is 3. The lowest BCUT2D eigenvalue weighted by atomic mass is 10.1. The van der Waals surface area contributed by atoms with Crippen molar-refractivity contribution in [1.82, 2.24) is 35.1 Å². The maximum absolute atomic E-state index is 5.78. The predicted octanol–water partition coefficient (Wildman–Crippen LogP) is 3.64. The van der Waals surface area contributed by atoms with Crippen LogP contribution in [0.15, 0.2) is 48.9 Å². The molecule has 5 rings (SSSR count). The first kappa shape index (κ1) is 21.5. The van der Waals surface area contributed by atoms with Gasteiger partial charge in [-0.2, -0.15) is 0 Å². The predicted molar refractivity (Wildman–Crippen MR) is 125 cm³/mol. The minimum Gasteiger partial charge on any atom is -0.324 e. The van der Waals surface area contributed by atoms with Crippen LogP contribution in [0.1, 0.15) is 5.56 Å². The van der Waals surface area contributed by atoms with E-state index in [0.29, 0.717) is 5.95 Å². The number of nitrogens with one attached hydrogen (secondary N) is 3. The van der Waals surface area contributed by atoms with E-state index in [2.05, 4.69) is 52.6 Å². The molecule has 160 valence electrons. The molecule has 1 aromatic carbocycles. The van der Waals surface area contributed by atoms with Crippen molar-refractivity contribution >= 4 is 46.8 Å². The van der Waals surface area contributed by atoms with E-state index in [9.17, 15) is 0 Å². The number of anilines is 2. The number of benzene rings is 1. The minimum absolute atomic E-state index is 0. The van der Waals surface area contributed by atoms with Crippen LogP contribution in [0.25, 0.3) is 22.2 Å². The number of halogens is 2. The van der Waals surface area contributed by atoms with Gasteiger partial charge in [0.1, 0.15) is 5.82 Å². The van der Waals surface area contributed by atoms with Gasteiger partial charge in [0, 0.05) is 56.9 Å². The van der Waals surface area contributed by atoms with Gasteiger partial charge in [0.25, 0.3) is 0 Å². The summed E-state index contributed by atoms with van der Waals surface area (Å²) in [6, 6.07) is 10.1. The molecule has 0 atom stereocenters. The summed E-state index contributed by atoms with van der Waals surface area (Å²) in [4.78, 5) is 22.9. The maximum Gasteiger partial charge on any atom is 0.222 e. The Labute approximate surface area is 190 Å². The summed E-state index contributed by atoms with van der Waals surface area (Å²) >= 11 is 5.78. The quantitative estimate of drug-likeness (QED) is 0.394. The van der Waals surface area contributed by atoms with Crippen LogP contribution in [-0.2, 0) is 6.54 Å². The molecule has 10 heteroatoms. The number of aromatic nitrogens is 5. The fourth-order valence-corrected chi connectivity index (χ4v) is 3.70. The highest BCUT2D eigenvalue weighted by Gasteiger charge is 2.11. The summed E-state index contributed by atoms with van der Waals surface area (Å²) in [5.41, 5.74) is 4.91. The van der Waals surface area contributed by atoms with E-state index in [1.54, 1.807) is 12.4 Å². The van der Waals surface area contributed by atoms with E-state index >= 15 is 0 Å². The van der Waals surface area contributed by atoms with E-state index in [1.807, 2.05) is 24.4 Å². The van der Waals surface area contributed by atoms with Crippen molar-refractivity contribution in [2.45, 2.75) is 6.54 Å². The number of pyridine rings is 1. The largest absolute Gasteiger partial charge is 0.324 e. The Morgan fingerprint density at radius 2 is 1.81 bits per heavy atom. The lowest BCUT2D eigenvalue weighted by Gasteiger charge is -2.27. The Bertz CT molecular complexity index is 1160. The molecule has 8 nitrogen and oxygen atoms in total. The molecule has 0 bridgehead atoms. The zero-order valence-corrected chi connectivity index (χ0v) is 18.2.